The number of benzene rings is 1. The predicted molar refractivity (Wildman–Crippen MR) is 79.1 cm³/mol. The van der Waals surface area contributed by atoms with E-state index in [1.165, 1.54) is 0 Å². The van der Waals surface area contributed by atoms with Gasteiger partial charge in [-0.3, -0.25) is 0 Å². The molecule has 19 heavy (non-hydrogen) atoms. The van der Waals surface area contributed by atoms with Gasteiger partial charge in [0, 0.05) is 5.57 Å². The molecule has 0 aromatic heterocycles. The lowest BCUT2D eigenvalue weighted by atomic mass is 10.3. The fourth-order valence-corrected chi connectivity index (χ4v) is 2.37. The molecule has 0 aliphatic rings. The van der Waals surface area contributed by atoms with Gasteiger partial charge in [0.25, 0.3) is 0 Å². The van der Waals surface area contributed by atoms with Crippen LogP contribution in [0.4, 0.5) is 0 Å². The number of ether oxygens (including phenoxy) is 2. The second kappa shape index (κ2) is 7.67. The summed E-state index contributed by atoms with van der Waals surface area (Å²) in [5.74, 6) is 0.0638. The molecule has 1 rings (SSSR count). The van der Waals surface area contributed by atoms with E-state index in [1.54, 1.807) is 6.92 Å². The van der Waals surface area contributed by atoms with Gasteiger partial charge in [0.2, 0.25) is 0 Å². The van der Waals surface area contributed by atoms with E-state index in [0.717, 1.165) is 8.95 Å². The van der Waals surface area contributed by atoms with Gasteiger partial charge < -0.3 is 14.6 Å². The summed E-state index contributed by atoms with van der Waals surface area (Å²) in [6.45, 7) is 4.88. The Morgan fingerprint density at radius 1 is 1.37 bits per heavy atom. The van der Waals surface area contributed by atoms with Crippen molar-refractivity contribution < 1.29 is 19.4 Å². The Morgan fingerprint density at radius 2 is 1.95 bits per heavy atom. The van der Waals surface area contributed by atoms with Crippen molar-refractivity contribution in [2.75, 3.05) is 13.2 Å². The lowest BCUT2D eigenvalue weighted by molar-refractivity contribution is -0.142. The maximum atomic E-state index is 11.1. The molecule has 6 heteroatoms. The van der Waals surface area contributed by atoms with E-state index in [0.29, 0.717) is 11.3 Å². The monoisotopic (exact) mass is 392 g/mol. The van der Waals surface area contributed by atoms with Gasteiger partial charge in [0.05, 0.1) is 8.95 Å². The zero-order valence-electron chi connectivity index (χ0n) is 10.4. The van der Waals surface area contributed by atoms with Crippen molar-refractivity contribution >= 4 is 37.8 Å². The Balaban J connectivity index is 2.44. The van der Waals surface area contributed by atoms with Gasteiger partial charge in [-0.05, 0) is 50.9 Å². The molecule has 1 atom stereocenters. The van der Waals surface area contributed by atoms with Crippen LogP contribution in [0.3, 0.4) is 0 Å². The molecule has 0 heterocycles. The van der Waals surface area contributed by atoms with Crippen molar-refractivity contribution in [3.05, 3.63) is 39.3 Å². The third-order valence-corrected chi connectivity index (χ3v) is 3.34. The fourth-order valence-electron chi connectivity index (χ4n) is 1.14. The van der Waals surface area contributed by atoms with Gasteiger partial charge in [-0.2, -0.15) is 0 Å². The average molecular weight is 394 g/mol. The third-order valence-electron chi connectivity index (χ3n) is 2.09. The third kappa shape index (κ3) is 5.34. The van der Waals surface area contributed by atoms with Crippen molar-refractivity contribution in [3.63, 3.8) is 0 Å². The van der Waals surface area contributed by atoms with E-state index >= 15 is 0 Å². The Bertz CT molecular complexity index is 453. The minimum absolute atomic E-state index is 0.0185. The smallest absolute Gasteiger partial charge is 0.333 e. The van der Waals surface area contributed by atoms with Crippen LogP contribution in [0.1, 0.15) is 6.92 Å². The largest absolute Gasteiger partial charge is 0.488 e. The molecule has 0 radical (unpaired) electrons. The summed E-state index contributed by atoms with van der Waals surface area (Å²) >= 11 is 6.69. The number of hydrogen-bond acceptors (Lipinski definition) is 4. The molecular weight excluding hydrogens is 380 g/mol. The molecule has 0 saturated carbocycles. The van der Waals surface area contributed by atoms with Gasteiger partial charge in [-0.25, -0.2) is 4.79 Å². The Morgan fingerprint density at radius 3 is 2.47 bits per heavy atom. The first-order chi connectivity index (χ1) is 8.91. The first-order valence-electron chi connectivity index (χ1n) is 5.49. The number of carbonyl (C=O) groups excluding carboxylic acids is 1. The lowest BCUT2D eigenvalue weighted by Gasteiger charge is -2.14. The number of halogens is 2. The topological polar surface area (TPSA) is 55.8 Å². The van der Waals surface area contributed by atoms with Crippen LogP contribution < -0.4 is 4.74 Å². The van der Waals surface area contributed by atoms with Crippen LogP contribution in [0.15, 0.2) is 39.3 Å². The maximum Gasteiger partial charge on any atom is 0.333 e. The highest BCUT2D eigenvalue weighted by molar-refractivity contribution is 9.11. The van der Waals surface area contributed by atoms with Crippen molar-refractivity contribution in [1.29, 1.82) is 0 Å². The highest BCUT2D eigenvalue weighted by Gasteiger charge is 2.12. The zero-order valence-corrected chi connectivity index (χ0v) is 13.5. The molecule has 0 amide bonds. The van der Waals surface area contributed by atoms with Gasteiger partial charge in [-0.15, -0.1) is 0 Å². The van der Waals surface area contributed by atoms with Crippen LogP contribution in [-0.2, 0) is 9.53 Å². The van der Waals surface area contributed by atoms with Crippen molar-refractivity contribution in [2.45, 2.75) is 13.0 Å². The Labute approximate surface area is 128 Å². The molecular formula is C13H14Br2O4. The molecule has 1 aromatic rings. The van der Waals surface area contributed by atoms with Gasteiger partial charge in [-0.1, -0.05) is 12.6 Å². The van der Waals surface area contributed by atoms with E-state index in [9.17, 15) is 9.90 Å². The summed E-state index contributed by atoms with van der Waals surface area (Å²) in [5.41, 5.74) is 0.293. The highest BCUT2D eigenvalue weighted by Crippen LogP contribution is 2.32. The second-order valence-electron chi connectivity index (χ2n) is 3.89. The van der Waals surface area contributed by atoms with E-state index in [2.05, 4.69) is 38.4 Å². The molecule has 1 unspecified atom stereocenters. The summed E-state index contributed by atoms with van der Waals surface area (Å²) in [6, 6.07) is 5.51. The number of aliphatic hydroxyl groups is 1. The first kappa shape index (κ1) is 16.2. The summed E-state index contributed by atoms with van der Waals surface area (Å²) in [4.78, 5) is 11.1. The minimum atomic E-state index is -0.901. The molecule has 104 valence electrons. The van der Waals surface area contributed by atoms with Gasteiger partial charge in [0.1, 0.15) is 25.1 Å². The zero-order chi connectivity index (χ0) is 14.4. The summed E-state index contributed by atoms with van der Waals surface area (Å²) in [6.07, 6.45) is -0.901. The van der Waals surface area contributed by atoms with Crippen molar-refractivity contribution in [3.8, 4) is 5.75 Å². The first-order valence-corrected chi connectivity index (χ1v) is 7.08. The van der Waals surface area contributed by atoms with Crippen LogP contribution >= 0.6 is 31.9 Å². The summed E-state index contributed by atoms with van der Waals surface area (Å²) < 4.78 is 11.8. The number of aliphatic hydroxyl groups excluding tert-OH is 1. The van der Waals surface area contributed by atoms with E-state index in [1.807, 2.05) is 18.2 Å². The van der Waals surface area contributed by atoms with Gasteiger partial charge in [0.15, 0.2) is 0 Å². The quantitative estimate of drug-likeness (QED) is 0.596. The van der Waals surface area contributed by atoms with Crippen LogP contribution in [0, 0.1) is 0 Å². The maximum absolute atomic E-state index is 11.1. The number of esters is 1. The molecule has 1 aromatic carbocycles. The second-order valence-corrected chi connectivity index (χ2v) is 5.60. The van der Waals surface area contributed by atoms with Gasteiger partial charge >= 0.3 is 5.97 Å². The number of carbonyl (C=O) groups is 1. The number of rotatable bonds is 6. The fraction of sp³-hybridized carbons (Fsp3) is 0.308. The van der Waals surface area contributed by atoms with Crippen LogP contribution in [0.5, 0.6) is 5.75 Å². The predicted octanol–water partition coefficient (Wildman–Crippen LogP) is 3.07. The Kier molecular flexibility index (Phi) is 6.54. The number of hydrogen-bond donors (Lipinski definition) is 1. The minimum Gasteiger partial charge on any atom is -0.488 e. The summed E-state index contributed by atoms with van der Waals surface area (Å²) in [7, 11) is 0. The van der Waals surface area contributed by atoms with E-state index < -0.39 is 12.1 Å². The molecule has 4 nitrogen and oxygen atoms in total. The normalized spacial score (nSPS) is 11.8. The van der Waals surface area contributed by atoms with Crippen LogP contribution in [0.2, 0.25) is 0 Å². The molecule has 0 spiro atoms. The summed E-state index contributed by atoms with van der Waals surface area (Å²) in [5, 5.41) is 9.66. The number of para-hydroxylation sites is 1. The molecule has 0 fully saturated rings. The average Bonchev–Trinajstić information content (AvgIpc) is 2.35. The highest BCUT2D eigenvalue weighted by atomic mass is 79.9. The van der Waals surface area contributed by atoms with Crippen LogP contribution in [-0.4, -0.2) is 30.4 Å². The van der Waals surface area contributed by atoms with E-state index in [4.69, 9.17) is 9.47 Å². The molecule has 0 saturated heterocycles. The molecule has 0 aliphatic heterocycles. The molecule has 0 bridgehead atoms. The van der Waals surface area contributed by atoms with Crippen LogP contribution in [0.25, 0.3) is 0 Å². The van der Waals surface area contributed by atoms with E-state index in [-0.39, 0.29) is 13.2 Å². The SMILES string of the molecule is C=C(C)C(=O)OCC(O)COc1c(Br)cccc1Br. The molecule has 0 aliphatic carbocycles. The molecule has 1 N–H and O–H groups in total. The lowest BCUT2D eigenvalue weighted by Crippen LogP contribution is -2.25. The van der Waals surface area contributed by atoms with Crippen molar-refractivity contribution in [2.24, 2.45) is 0 Å². The van der Waals surface area contributed by atoms with Crippen molar-refractivity contribution in [1.82, 2.24) is 0 Å². The Hall–Kier alpha value is -0.850. The standard InChI is InChI=1S/C13H14Br2O4/c1-8(2)13(17)19-7-9(16)6-18-12-10(14)4-3-5-11(12)15/h3-5,9,16H,1,6-7H2,2H3.